The van der Waals surface area contributed by atoms with Gasteiger partial charge >= 0.3 is 6.18 Å². The average Bonchev–Trinajstić information content (AvgIpc) is 2.49. The Labute approximate surface area is 69.7 Å². The van der Waals surface area contributed by atoms with E-state index >= 15 is 0 Å². The molecule has 0 aromatic carbocycles. The molecular formula is C5H4F3N3O2. The second-order valence-corrected chi connectivity index (χ2v) is 2.00. The SMILES string of the molecule is NNC(=O)c1ncoc1C(F)(F)F. The van der Waals surface area contributed by atoms with Crippen LogP contribution < -0.4 is 11.3 Å². The van der Waals surface area contributed by atoms with Crippen LogP contribution in [0.2, 0.25) is 0 Å². The van der Waals surface area contributed by atoms with Crippen LogP contribution in [0, 0.1) is 0 Å². The third-order valence-corrected chi connectivity index (χ3v) is 1.17. The summed E-state index contributed by atoms with van der Waals surface area (Å²) in [5.41, 5.74) is 0.639. The number of rotatable bonds is 1. The summed E-state index contributed by atoms with van der Waals surface area (Å²) in [6, 6.07) is 0. The molecule has 1 aromatic rings. The fourth-order valence-corrected chi connectivity index (χ4v) is 0.677. The molecule has 13 heavy (non-hydrogen) atoms. The number of hydrogen-bond acceptors (Lipinski definition) is 4. The smallest absolute Gasteiger partial charge is 0.438 e. The number of nitrogens with two attached hydrogens (primary N) is 1. The van der Waals surface area contributed by atoms with E-state index in [-0.39, 0.29) is 0 Å². The maximum absolute atomic E-state index is 12.0. The number of hydrazine groups is 1. The van der Waals surface area contributed by atoms with Gasteiger partial charge < -0.3 is 4.42 Å². The zero-order chi connectivity index (χ0) is 10.1. The highest BCUT2D eigenvalue weighted by Crippen LogP contribution is 2.31. The molecular weight excluding hydrogens is 191 g/mol. The Balaban J connectivity index is 3.10. The minimum atomic E-state index is -4.75. The summed E-state index contributed by atoms with van der Waals surface area (Å²) in [5.74, 6) is 2.01. The van der Waals surface area contributed by atoms with Gasteiger partial charge in [0.25, 0.3) is 5.91 Å². The summed E-state index contributed by atoms with van der Waals surface area (Å²) in [7, 11) is 0. The van der Waals surface area contributed by atoms with Crippen LogP contribution in [0.4, 0.5) is 13.2 Å². The summed E-state index contributed by atoms with van der Waals surface area (Å²) in [5, 5.41) is 0. The molecule has 8 heteroatoms. The molecule has 72 valence electrons. The van der Waals surface area contributed by atoms with Crippen LogP contribution in [0.25, 0.3) is 0 Å². The second-order valence-electron chi connectivity index (χ2n) is 2.00. The molecule has 1 amide bonds. The lowest BCUT2D eigenvalue weighted by atomic mass is 10.3. The van der Waals surface area contributed by atoms with E-state index in [9.17, 15) is 18.0 Å². The molecule has 0 fully saturated rings. The maximum atomic E-state index is 12.0. The lowest BCUT2D eigenvalue weighted by Gasteiger charge is -2.02. The van der Waals surface area contributed by atoms with Gasteiger partial charge in [0.1, 0.15) is 0 Å². The summed E-state index contributed by atoms with van der Waals surface area (Å²) in [4.78, 5) is 13.8. The first-order valence-corrected chi connectivity index (χ1v) is 2.98. The van der Waals surface area contributed by atoms with Crippen LogP contribution in [-0.2, 0) is 6.18 Å². The van der Waals surface area contributed by atoms with Crippen molar-refractivity contribution in [1.29, 1.82) is 0 Å². The van der Waals surface area contributed by atoms with Crippen molar-refractivity contribution in [3.8, 4) is 0 Å². The normalized spacial score (nSPS) is 11.4. The minimum Gasteiger partial charge on any atom is -0.438 e. The molecule has 0 bridgehead atoms. The standard InChI is InChI=1S/C5H4F3N3O2/c6-5(7,8)3-2(4(12)11-9)10-1-13-3/h1H,9H2,(H,11,12). The molecule has 1 rings (SSSR count). The van der Waals surface area contributed by atoms with E-state index in [1.807, 2.05) is 0 Å². The monoisotopic (exact) mass is 195 g/mol. The zero-order valence-corrected chi connectivity index (χ0v) is 6.05. The molecule has 3 N–H and O–H groups in total. The van der Waals surface area contributed by atoms with Gasteiger partial charge in [-0.1, -0.05) is 0 Å². The molecule has 0 aliphatic rings. The Morgan fingerprint density at radius 2 is 2.23 bits per heavy atom. The number of nitrogens with one attached hydrogen (secondary N) is 1. The van der Waals surface area contributed by atoms with Gasteiger partial charge in [0.2, 0.25) is 5.76 Å². The number of nitrogens with zero attached hydrogens (tertiary/aromatic N) is 1. The summed E-state index contributed by atoms with van der Waals surface area (Å²) >= 11 is 0. The van der Waals surface area contributed by atoms with Gasteiger partial charge in [0, 0.05) is 0 Å². The van der Waals surface area contributed by atoms with E-state index in [0.29, 0.717) is 6.39 Å². The second kappa shape index (κ2) is 3.05. The summed E-state index contributed by atoms with van der Waals surface area (Å²) < 4.78 is 40.1. The molecule has 0 saturated heterocycles. The molecule has 0 radical (unpaired) electrons. The van der Waals surface area contributed by atoms with Gasteiger partial charge in [0.05, 0.1) is 0 Å². The van der Waals surface area contributed by atoms with Crippen LogP contribution in [0.1, 0.15) is 16.2 Å². The predicted octanol–water partition coefficient (Wildman–Crippen LogP) is 0.297. The molecule has 0 spiro atoms. The third kappa shape index (κ3) is 1.78. The third-order valence-electron chi connectivity index (χ3n) is 1.17. The summed E-state index contributed by atoms with van der Waals surface area (Å²) in [6.45, 7) is 0. The number of aromatic nitrogens is 1. The highest BCUT2D eigenvalue weighted by atomic mass is 19.4. The van der Waals surface area contributed by atoms with E-state index in [0.717, 1.165) is 0 Å². The van der Waals surface area contributed by atoms with Crippen molar-refractivity contribution in [2.24, 2.45) is 5.84 Å². The van der Waals surface area contributed by atoms with E-state index in [1.165, 1.54) is 5.43 Å². The van der Waals surface area contributed by atoms with E-state index in [4.69, 9.17) is 0 Å². The van der Waals surface area contributed by atoms with Crippen LogP contribution in [0.15, 0.2) is 10.8 Å². The number of hydrogen-bond donors (Lipinski definition) is 2. The first-order valence-electron chi connectivity index (χ1n) is 2.98. The Hall–Kier alpha value is -1.57. The Morgan fingerprint density at radius 3 is 2.69 bits per heavy atom. The molecule has 0 atom stereocenters. The van der Waals surface area contributed by atoms with Crippen LogP contribution >= 0.6 is 0 Å². The average molecular weight is 195 g/mol. The van der Waals surface area contributed by atoms with Crippen LogP contribution in [-0.4, -0.2) is 10.9 Å². The van der Waals surface area contributed by atoms with E-state index in [1.54, 1.807) is 0 Å². The lowest BCUT2D eigenvalue weighted by Crippen LogP contribution is -2.31. The van der Waals surface area contributed by atoms with Crippen LogP contribution in [0.5, 0.6) is 0 Å². The van der Waals surface area contributed by atoms with Crippen LogP contribution in [0.3, 0.4) is 0 Å². The zero-order valence-electron chi connectivity index (χ0n) is 6.05. The number of carbonyl (C=O) groups is 1. The molecule has 0 aliphatic heterocycles. The molecule has 5 nitrogen and oxygen atoms in total. The Morgan fingerprint density at radius 1 is 1.62 bits per heavy atom. The van der Waals surface area contributed by atoms with Gasteiger partial charge in [-0.25, -0.2) is 10.8 Å². The number of carbonyl (C=O) groups excluding carboxylic acids is 1. The molecule has 0 saturated carbocycles. The number of amides is 1. The molecule has 0 aliphatic carbocycles. The topological polar surface area (TPSA) is 81.1 Å². The fourth-order valence-electron chi connectivity index (χ4n) is 0.677. The fraction of sp³-hybridized carbons (Fsp3) is 0.200. The number of alkyl halides is 3. The molecule has 1 heterocycles. The van der Waals surface area contributed by atoms with Gasteiger partial charge in [-0.2, -0.15) is 13.2 Å². The minimum absolute atomic E-state index is 0.521. The number of nitrogen functional groups attached to an aromatic ring is 1. The lowest BCUT2D eigenvalue weighted by molar-refractivity contribution is -0.153. The van der Waals surface area contributed by atoms with Crippen molar-refractivity contribution in [2.75, 3.05) is 0 Å². The van der Waals surface area contributed by atoms with Crippen molar-refractivity contribution in [2.45, 2.75) is 6.18 Å². The van der Waals surface area contributed by atoms with Crippen molar-refractivity contribution in [1.82, 2.24) is 10.4 Å². The first-order chi connectivity index (χ1) is 5.96. The maximum Gasteiger partial charge on any atom is 0.452 e. The first kappa shape index (κ1) is 9.52. The Kier molecular flexibility index (Phi) is 2.24. The van der Waals surface area contributed by atoms with Crippen molar-refractivity contribution >= 4 is 5.91 Å². The van der Waals surface area contributed by atoms with Crippen molar-refractivity contribution < 1.29 is 22.4 Å². The Bertz CT molecular complexity index is 319. The molecule has 0 unspecified atom stereocenters. The highest BCUT2D eigenvalue weighted by Gasteiger charge is 2.40. The van der Waals surface area contributed by atoms with E-state index < -0.39 is 23.5 Å². The summed E-state index contributed by atoms with van der Waals surface area (Å²) in [6.07, 6.45) is -4.23. The number of oxazole rings is 1. The quantitative estimate of drug-likeness (QED) is 0.383. The van der Waals surface area contributed by atoms with Gasteiger partial charge in [-0.05, 0) is 0 Å². The van der Waals surface area contributed by atoms with E-state index in [2.05, 4.69) is 15.2 Å². The predicted molar refractivity (Wildman–Crippen MR) is 33.2 cm³/mol. The van der Waals surface area contributed by atoms with Crippen molar-refractivity contribution in [3.05, 3.63) is 17.8 Å². The van der Waals surface area contributed by atoms with Gasteiger partial charge in [0.15, 0.2) is 12.1 Å². The van der Waals surface area contributed by atoms with Gasteiger partial charge in [-0.15, -0.1) is 0 Å². The van der Waals surface area contributed by atoms with Gasteiger partial charge in [-0.3, -0.25) is 10.2 Å². The number of halogens is 3. The van der Waals surface area contributed by atoms with Crippen molar-refractivity contribution in [3.63, 3.8) is 0 Å². The largest absolute Gasteiger partial charge is 0.452 e. The molecule has 1 aromatic heterocycles. The highest BCUT2D eigenvalue weighted by molar-refractivity contribution is 5.92.